The van der Waals surface area contributed by atoms with Gasteiger partial charge >= 0.3 is 5.97 Å². The Morgan fingerprint density at radius 1 is 1.37 bits per heavy atom. The third-order valence-electron chi connectivity index (χ3n) is 2.46. The first-order valence-corrected chi connectivity index (χ1v) is 6.20. The molecule has 2 heterocycles. The summed E-state index contributed by atoms with van der Waals surface area (Å²) in [5.74, 6) is -1.48. The van der Waals surface area contributed by atoms with Crippen LogP contribution >= 0.6 is 11.5 Å². The first-order valence-electron chi connectivity index (χ1n) is 5.42. The highest BCUT2D eigenvalue weighted by atomic mass is 32.1. The van der Waals surface area contributed by atoms with Gasteiger partial charge in [-0.2, -0.15) is 4.37 Å². The number of amides is 1. The lowest BCUT2D eigenvalue weighted by Gasteiger charge is -2.04. The van der Waals surface area contributed by atoms with Crippen molar-refractivity contribution >= 4 is 28.4 Å². The molecule has 7 heteroatoms. The predicted octanol–water partition coefficient (Wildman–Crippen LogP) is 2.11. The molecule has 0 atom stereocenters. The number of carbonyl (C=O) groups excluding carboxylic acids is 1. The van der Waals surface area contributed by atoms with Crippen LogP contribution < -0.4 is 5.32 Å². The zero-order valence-electron chi connectivity index (χ0n) is 10.3. The van der Waals surface area contributed by atoms with Crippen molar-refractivity contribution in [2.24, 2.45) is 0 Å². The van der Waals surface area contributed by atoms with Gasteiger partial charge in [0.05, 0.1) is 5.69 Å². The van der Waals surface area contributed by atoms with Crippen LogP contribution in [-0.2, 0) is 0 Å². The number of carboxylic acids is 1. The van der Waals surface area contributed by atoms with Crippen LogP contribution in [0.15, 0.2) is 18.3 Å². The largest absolute Gasteiger partial charge is 0.478 e. The van der Waals surface area contributed by atoms with E-state index in [4.69, 9.17) is 5.11 Å². The minimum atomic E-state index is -1.10. The first-order chi connectivity index (χ1) is 8.99. The molecule has 1 amide bonds. The molecule has 98 valence electrons. The van der Waals surface area contributed by atoms with Gasteiger partial charge in [0, 0.05) is 17.5 Å². The van der Waals surface area contributed by atoms with Crippen molar-refractivity contribution in [2.45, 2.75) is 13.8 Å². The van der Waals surface area contributed by atoms with E-state index < -0.39 is 5.97 Å². The Balaban J connectivity index is 2.27. The molecule has 0 fully saturated rings. The van der Waals surface area contributed by atoms with Gasteiger partial charge in [0.15, 0.2) is 0 Å². The minimum absolute atomic E-state index is 0.0316. The SMILES string of the molecule is Cc1cc(C(=O)Nc2snc(C)c2C(=O)O)ccn1. The quantitative estimate of drug-likeness (QED) is 0.896. The minimum Gasteiger partial charge on any atom is -0.478 e. The van der Waals surface area contributed by atoms with E-state index >= 15 is 0 Å². The molecule has 2 N–H and O–H groups in total. The fourth-order valence-corrected chi connectivity index (χ4v) is 2.35. The third kappa shape index (κ3) is 2.76. The summed E-state index contributed by atoms with van der Waals surface area (Å²) in [4.78, 5) is 27.1. The Morgan fingerprint density at radius 3 is 2.74 bits per heavy atom. The second kappa shape index (κ2) is 5.15. The van der Waals surface area contributed by atoms with Crippen LogP contribution in [-0.4, -0.2) is 26.3 Å². The van der Waals surface area contributed by atoms with Crippen molar-refractivity contribution in [3.63, 3.8) is 0 Å². The maximum absolute atomic E-state index is 12.0. The van der Waals surface area contributed by atoms with Crippen molar-refractivity contribution in [1.82, 2.24) is 9.36 Å². The van der Waals surface area contributed by atoms with Gasteiger partial charge in [0.2, 0.25) is 0 Å². The second-order valence-electron chi connectivity index (χ2n) is 3.92. The van der Waals surface area contributed by atoms with Gasteiger partial charge in [0.25, 0.3) is 5.91 Å². The molecule has 0 spiro atoms. The summed E-state index contributed by atoms with van der Waals surface area (Å²) >= 11 is 0.953. The van der Waals surface area contributed by atoms with E-state index in [2.05, 4.69) is 14.7 Å². The Morgan fingerprint density at radius 2 is 2.11 bits per heavy atom. The average Bonchev–Trinajstić information content (AvgIpc) is 2.70. The molecule has 2 aromatic heterocycles. The highest BCUT2D eigenvalue weighted by molar-refractivity contribution is 7.11. The second-order valence-corrected chi connectivity index (χ2v) is 4.69. The van der Waals surface area contributed by atoms with Crippen molar-refractivity contribution in [3.05, 3.63) is 40.8 Å². The van der Waals surface area contributed by atoms with E-state index in [-0.39, 0.29) is 16.5 Å². The predicted molar refractivity (Wildman–Crippen MR) is 70.7 cm³/mol. The molecule has 0 saturated heterocycles. The number of hydrogen-bond acceptors (Lipinski definition) is 5. The van der Waals surface area contributed by atoms with E-state index in [1.54, 1.807) is 26.0 Å². The molecule has 2 aromatic rings. The molecular weight excluding hydrogens is 266 g/mol. The van der Waals surface area contributed by atoms with E-state index in [1.807, 2.05) is 0 Å². The van der Waals surface area contributed by atoms with E-state index in [0.717, 1.165) is 11.5 Å². The Labute approximate surface area is 113 Å². The summed E-state index contributed by atoms with van der Waals surface area (Å²) in [5, 5.41) is 11.9. The van der Waals surface area contributed by atoms with Gasteiger partial charge < -0.3 is 10.4 Å². The van der Waals surface area contributed by atoms with Crippen molar-refractivity contribution < 1.29 is 14.7 Å². The molecule has 19 heavy (non-hydrogen) atoms. The number of nitrogens with one attached hydrogen (secondary N) is 1. The van der Waals surface area contributed by atoms with Crippen LogP contribution in [0.25, 0.3) is 0 Å². The molecule has 6 nitrogen and oxygen atoms in total. The number of hydrogen-bond donors (Lipinski definition) is 2. The highest BCUT2D eigenvalue weighted by Crippen LogP contribution is 2.24. The Hall–Kier alpha value is -2.28. The number of rotatable bonds is 3. The lowest BCUT2D eigenvalue weighted by molar-refractivity contribution is 0.0697. The summed E-state index contributed by atoms with van der Waals surface area (Å²) in [7, 11) is 0. The molecule has 0 aromatic carbocycles. The van der Waals surface area contributed by atoms with Gasteiger partial charge in [-0.3, -0.25) is 9.78 Å². The molecular formula is C12H11N3O3S. The van der Waals surface area contributed by atoms with Gasteiger partial charge in [-0.15, -0.1) is 0 Å². The van der Waals surface area contributed by atoms with Gasteiger partial charge in [0.1, 0.15) is 10.6 Å². The zero-order chi connectivity index (χ0) is 14.0. The summed E-state index contributed by atoms with van der Waals surface area (Å²) in [5.41, 5.74) is 1.56. The standard InChI is InChI=1S/C12H11N3O3S/c1-6-5-8(3-4-13-6)10(16)14-11-9(12(17)18)7(2)15-19-11/h3-5H,1-2H3,(H,14,16)(H,17,18). The smallest absolute Gasteiger partial charge is 0.340 e. The van der Waals surface area contributed by atoms with Gasteiger partial charge in [-0.05, 0) is 37.5 Å². The summed E-state index contributed by atoms with van der Waals surface area (Å²) < 4.78 is 3.94. The number of anilines is 1. The number of aromatic nitrogens is 2. The molecule has 0 aliphatic rings. The van der Waals surface area contributed by atoms with Gasteiger partial charge in [-0.25, -0.2) is 4.79 Å². The molecule has 2 rings (SSSR count). The van der Waals surface area contributed by atoms with E-state index in [9.17, 15) is 9.59 Å². The van der Waals surface area contributed by atoms with Crippen molar-refractivity contribution in [1.29, 1.82) is 0 Å². The first kappa shape index (κ1) is 13.2. The number of carboxylic acid groups (broad SMARTS) is 1. The van der Waals surface area contributed by atoms with Crippen LogP contribution in [0.2, 0.25) is 0 Å². The number of pyridine rings is 1. The van der Waals surface area contributed by atoms with Crippen LogP contribution in [0, 0.1) is 13.8 Å². The normalized spacial score (nSPS) is 10.2. The molecule has 0 unspecified atom stereocenters. The lowest BCUT2D eigenvalue weighted by Crippen LogP contribution is -2.13. The van der Waals surface area contributed by atoms with Crippen LogP contribution in [0.3, 0.4) is 0 Å². The fraction of sp³-hybridized carbons (Fsp3) is 0.167. The van der Waals surface area contributed by atoms with Crippen LogP contribution in [0.1, 0.15) is 32.1 Å². The molecule has 0 aliphatic heterocycles. The van der Waals surface area contributed by atoms with E-state index in [0.29, 0.717) is 17.0 Å². The fourth-order valence-electron chi connectivity index (χ4n) is 1.57. The molecule has 0 saturated carbocycles. The lowest BCUT2D eigenvalue weighted by atomic mass is 10.2. The number of aromatic carboxylic acids is 1. The average molecular weight is 277 g/mol. The molecule has 0 aliphatic carbocycles. The maximum Gasteiger partial charge on any atom is 0.340 e. The Kier molecular flexibility index (Phi) is 3.57. The number of aryl methyl sites for hydroxylation is 2. The Bertz CT molecular complexity index is 651. The number of nitrogens with zero attached hydrogens (tertiary/aromatic N) is 2. The molecule has 0 radical (unpaired) electrons. The van der Waals surface area contributed by atoms with Gasteiger partial charge in [-0.1, -0.05) is 0 Å². The maximum atomic E-state index is 12.0. The summed E-state index contributed by atoms with van der Waals surface area (Å²) in [6.07, 6.45) is 1.53. The van der Waals surface area contributed by atoms with E-state index in [1.165, 1.54) is 6.20 Å². The topological polar surface area (TPSA) is 92.2 Å². The zero-order valence-corrected chi connectivity index (χ0v) is 11.1. The summed E-state index contributed by atoms with van der Waals surface area (Å²) in [6.45, 7) is 3.36. The van der Waals surface area contributed by atoms with Crippen molar-refractivity contribution in [2.75, 3.05) is 5.32 Å². The van der Waals surface area contributed by atoms with Crippen LogP contribution in [0.4, 0.5) is 5.00 Å². The third-order valence-corrected chi connectivity index (χ3v) is 3.32. The van der Waals surface area contributed by atoms with Crippen LogP contribution in [0.5, 0.6) is 0 Å². The summed E-state index contributed by atoms with van der Waals surface area (Å²) in [6, 6.07) is 3.19. The van der Waals surface area contributed by atoms with Crippen molar-refractivity contribution in [3.8, 4) is 0 Å². The highest BCUT2D eigenvalue weighted by Gasteiger charge is 2.19. The molecule has 0 bridgehead atoms. The number of carbonyl (C=O) groups is 2. The monoisotopic (exact) mass is 277 g/mol.